The molecule has 0 aromatic heterocycles. The standard InChI is InChI=1S/C20H23ClO4S/c1-3-26-13-12-23-20(22)15(2)25-19-8-4-16(5-9-19)14-24-18-10-6-17(21)7-11-18/h4-11,15H,3,12-14H2,1-2H3. The molecule has 0 amide bonds. The lowest BCUT2D eigenvalue weighted by Crippen LogP contribution is -2.26. The number of esters is 1. The van der Waals surface area contributed by atoms with E-state index in [9.17, 15) is 4.79 Å². The van der Waals surface area contributed by atoms with Gasteiger partial charge in [0.15, 0.2) is 6.10 Å². The Morgan fingerprint density at radius 3 is 2.38 bits per heavy atom. The molecule has 4 nitrogen and oxygen atoms in total. The van der Waals surface area contributed by atoms with Gasteiger partial charge in [-0.25, -0.2) is 4.79 Å². The van der Waals surface area contributed by atoms with E-state index in [0.29, 0.717) is 24.0 Å². The van der Waals surface area contributed by atoms with E-state index < -0.39 is 6.10 Å². The van der Waals surface area contributed by atoms with Crippen molar-refractivity contribution in [2.75, 3.05) is 18.1 Å². The zero-order chi connectivity index (χ0) is 18.8. The topological polar surface area (TPSA) is 44.8 Å². The lowest BCUT2D eigenvalue weighted by Gasteiger charge is -2.14. The first kappa shape index (κ1) is 20.5. The van der Waals surface area contributed by atoms with Crippen LogP contribution < -0.4 is 9.47 Å². The smallest absolute Gasteiger partial charge is 0.347 e. The minimum absolute atomic E-state index is 0.350. The second-order valence-electron chi connectivity index (χ2n) is 5.51. The number of ether oxygens (including phenoxy) is 3. The predicted molar refractivity (Wildman–Crippen MR) is 106 cm³/mol. The van der Waals surface area contributed by atoms with Crippen LogP contribution >= 0.6 is 23.4 Å². The van der Waals surface area contributed by atoms with Crippen molar-refractivity contribution in [3.63, 3.8) is 0 Å². The van der Waals surface area contributed by atoms with E-state index in [1.54, 1.807) is 30.8 Å². The number of rotatable bonds is 10. The van der Waals surface area contributed by atoms with Crippen molar-refractivity contribution in [1.29, 1.82) is 0 Å². The molecule has 0 aliphatic rings. The van der Waals surface area contributed by atoms with E-state index in [1.165, 1.54) is 0 Å². The molecule has 0 aliphatic heterocycles. The molecule has 0 bridgehead atoms. The third-order valence-electron chi connectivity index (χ3n) is 3.46. The summed E-state index contributed by atoms with van der Waals surface area (Å²) < 4.78 is 16.5. The van der Waals surface area contributed by atoms with Gasteiger partial charge in [0.05, 0.1) is 0 Å². The highest BCUT2D eigenvalue weighted by Gasteiger charge is 2.16. The van der Waals surface area contributed by atoms with Gasteiger partial charge in [-0.2, -0.15) is 11.8 Å². The number of hydrogen-bond acceptors (Lipinski definition) is 5. The van der Waals surface area contributed by atoms with Gasteiger partial charge < -0.3 is 14.2 Å². The van der Waals surface area contributed by atoms with Gasteiger partial charge in [0, 0.05) is 10.8 Å². The third kappa shape index (κ3) is 7.18. The molecule has 0 heterocycles. The monoisotopic (exact) mass is 394 g/mol. The summed E-state index contributed by atoms with van der Waals surface area (Å²) in [6.45, 7) is 4.61. The number of hydrogen-bond donors (Lipinski definition) is 0. The van der Waals surface area contributed by atoms with Crippen LogP contribution in [0.15, 0.2) is 48.5 Å². The number of thioether (sulfide) groups is 1. The van der Waals surface area contributed by atoms with Gasteiger partial charge in [-0.05, 0) is 54.6 Å². The van der Waals surface area contributed by atoms with Gasteiger partial charge in [0.25, 0.3) is 0 Å². The molecule has 1 atom stereocenters. The minimum atomic E-state index is -0.641. The molecule has 0 N–H and O–H groups in total. The Bertz CT molecular complexity index is 673. The van der Waals surface area contributed by atoms with E-state index in [4.69, 9.17) is 25.8 Å². The van der Waals surface area contributed by atoms with E-state index in [2.05, 4.69) is 6.92 Å². The van der Waals surface area contributed by atoms with E-state index >= 15 is 0 Å². The van der Waals surface area contributed by atoms with Gasteiger partial charge in [-0.1, -0.05) is 30.7 Å². The van der Waals surface area contributed by atoms with Crippen LogP contribution in [-0.4, -0.2) is 30.2 Å². The maximum Gasteiger partial charge on any atom is 0.347 e. The van der Waals surface area contributed by atoms with Crippen LogP contribution in [-0.2, 0) is 16.1 Å². The number of carbonyl (C=O) groups excluding carboxylic acids is 1. The number of carbonyl (C=O) groups is 1. The Morgan fingerprint density at radius 2 is 1.73 bits per heavy atom. The Balaban J connectivity index is 1.77. The number of benzene rings is 2. The molecule has 0 saturated carbocycles. The minimum Gasteiger partial charge on any atom is -0.489 e. The highest BCUT2D eigenvalue weighted by molar-refractivity contribution is 7.99. The average molecular weight is 395 g/mol. The molecule has 0 spiro atoms. The summed E-state index contributed by atoms with van der Waals surface area (Å²) in [7, 11) is 0. The van der Waals surface area contributed by atoms with Crippen molar-refractivity contribution in [3.8, 4) is 11.5 Å². The van der Waals surface area contributed by atoms with E-state index in [1.807, 2.05) is 36.4 Å². The summed E-state index contributed by atoms with van der Waals surface area (Å²) >= 11 is 7.58. The summed E-state index contributed by atoms with van der Waals surface area (Å²) in [5.41, 5.74) is 0.999. The zero-order valence-corrected chi connectivity index (χ0v) is 16.5. The van der Waals surface area contributed by atoms with Crippen molar-refractivity contribution >= 4 is 29.3 Å². The first-order valence-corrected chi connectivity index (χ1v) is 10.00. The fourth-order valence-electron chi connectivity index (χ4n) is 2.08. The third-order valence-corrected chi connectivity index (χ3v) is 4.58. The molecule has 6 heteroatoms. The Morgan fingerprint density at radius 1 is 1.08 bits per heavy atom. The summed E-state index contributed by atoms with van der Waals surface area (Å²) in [5, 5.41) is 0.676. The van der Waals surface area contributed by atoms with Crippen molar-refractivity contribution in [2.45, 2.75) is 26.6 Å². The van der Waals surface area contributed by atoms with Gasteiger partial charge in [-0.3, -0.25) is 0 Å². The quantitative estimate of drug-likeness (QED) is 0.420. The van der Waals surface area contributed by atoms with E-state index in [-0.39, 0.29) is 5.97 Å². The second kappa shape index (κ2) is 11.0. The fourth-order valence-corrected chi connectivity index (χ4v) is 2.69. The van der Waals surface area contributed by atoms with Crippen molar-refractivity contribution < 1.29 is 19.0 Å². The Hall–Kier alpha value is -1.85. The van der Waals surface area contributed by atoms with Gasteiger partial charge in [0.1, 0.15) is 24.7 Å². The van der Waals surface area contributed by atoms with Crippen LogP contribution in [0.5, 0.6) is 11.5 Å². The van der Waals surface area contributed by atoms with E-state index in [0.717, 1.165) is 22.8 Å². The van der Waals surface area contributed by atoms with Crippen molar-refractivity contribution in [2.24, 2.45) is 0 Å². The molecule has 0 radical (unpaired) electrons. The Kier molecular flexibility index (Phi) is 8.65. The molecule has 2 rings (SSSR count). The summed E-state index contributed by atoms with van der Waals surface area (Å²) in [6.07, 6.45) is -0.641. The molecule has 26 heavy (non-hydrogen) atoms. The molecule has 2 aromatic rings. The SMILES string of the molecule is CCSCCOC(=O)C(C)Oc1ccc(COc2ccc(Cl)cc2)cc1. The van der Waals surface area contributed by atoms with Crippen LogP contribution in [0, 0.1) is 0 Å². The second-order valence-corrected chi connectivity index (χ2v) is 7.34. The van der Waals surface area contributed by atoms with Crippen LogP contribution in [0.2, 0.25) is 5.02 Å². The highest BCUT2D eigenvalue weighted by atomic mass is 35.5. The van der Waals surface area contributed by atoms with Crippen LogP contribution in [0.1, 0.15) is 19.4 Å². The van der Waals surface area contributed by atoms with Gasteiger partial charge >= 0.3 is 5.97 Å². The first-order valence-electron chi connectivity index (χ1n) is 8.47. The molecular weight excluding hydrogens is 372 g/mol. The lowest BCUT2D eigenvalue weighted by atomic mass is 10.2. The Labute approximate surface area is 163 Å². The molecule has 140 valence electrons. The van der Waals surface area contributed by atoms with Crippen molar-refractivity contribution in [1.82, 2.24) is 0 Å². The molecule has 0 saturated heterocycles. The summed E-state index contributed by atoms with van der Waals surface area (Å²) in [6, 6.07) is 14.7. The molecule has 0 aliphatic carbocycles. The normalized spacial score (nSPS) is 11.7. The maximum absolute atomic E-state index is 11.9. The van der Waals surface area contributed by atoms with Crippen LogP contribution in [0.4, 0.5) is 0 Å². The van der Waals surface area contributed by atoms with Crippen LogP contribution in [0.3, 0.4) is 0 Å². The number of halogens is 1. The largest absolute Gasteiger partial charge is 0.489 e. The van der Waals surface area contributed by atoms with Gasteiger partial charge in [0.2, 0.25) is 0 Å². The first-order chi connectivity index (χ1) is 12.6. The molecule has 2 aromatic carbocycles. The van der Waals surface area contributed by atoms with Crippen LogP contribution in [0.25, 0.3) is 0 Å². The van der Waals surface area contributed by atoms with Crippen molar-refractivity contribution in [3.05, 3.63) is 59.1 Å². The highest BCUT2D eigenvalue weighted by Crippen LogP contribution is 2.19. The predicted octanol–water partition coefficient (Wildman–Crippen LogP) is 4.98. The summed E-state index contributed by atoms with van der Waals surface area (Å²) in [5.74, 6) is 2.84. The lowest BCUT2D eigenvalue weighted by molar-refractivity contribution is -0.150. The van der Waals surface area contributed by atoms with Gasteiger partial charge in [-0.15, -0.1) is 0 Å². The summed E-state index contributed by atoms with van der Waals surface area (Å²) in [4.78, 5) is 11.9. The maximum atomic E-state index is 11.9. The molecular formula is C20H23ClO4S. The molecule has 0 fully saturated rings. The molecule has 1 unspecified atom stereocenters. The zero-order valence-electron chi connectivity index (χ0n) is 14.9. The average Bonchev–Trinajstić information content (AvgIpc) is 2.65. The fraction of sp³-hybridized carbons (Fsp3) is 0.350.